The molecule has 5 rings (SSSR count). The number of phenols is 1. The molecule has 1 saturated heterocycles. The molecule has 2 heterocycles. The fourth-order valence-corrected chi connectivity index (χ4v) is 6.02. The lowest BCUT2D eigenvalue weighted by atomic mass is 9.92. The molecule has 2 aromatic carbocycles. The summed E-state index contributed by atoms with van der Waals surface area (Å²) in [4.78, 5) is 15.9. The van der Waals surface area contributed by atoms with Gasteiger partial charge >= 0.3 is 6.18 Å². The van der Waals surface area contributed by atoms with Crippen LogP contribution in [0, 0.1) is 25.7 Å². The van der Waals surface area contributed by atoms with E-state index in [0.717, 1.165) is 66.8 Å². The molecule has 3 unspecified atom stereocenters. The van der Waals surface area contributed by atoms with Crippen molar-refractivity contribution in [2.45, 2.75) is 124 Å². The summed E-state index contributed by atoms with van der Waals surface area (Å²) in [5.41, 5.74) is 1.51. The van der Waals surface area contributed by atoms with Crippen LogP contribution in [-0.4, -0.2) is 91.2 Å². The molecule has 54 heavy (non-hydrogen) atoms. The predicted octanol–water partition coefficient (Wildman–Crippen LogP) is 5.61. The van der Waals surface area contributed by atoms with E-state index in [1.807, 2.05) is 34.6 Å². The van der Waals surface area contributed by atoms with E-state index in [4.69, 9.17) is 29.9 Å². The number of nitrogens with zero attached hydrogens (tertiary/aromatic N) is 3. The van der Waals surface area contributed by atoms with Gasteiger partial charge in [0.15, 0.2) is 5.69 Å². The van der Waals surface area contributed by atoms with Crippen LogP contribution < -0.4 is 21.2 Å². The van der Waals surface area contributed by atoms with Gasteiger partial charge in [-0.2, -0.15) is 13.2 Å². The van der Waals surface area contributed by atoms with Crippen molar-refractivity contribution in [1.82, 2.24) is 15.3 Å². The van der Waals surface area contributed by atoms with Crippen LogP contribution in [0.25, 0.3) is 0 Å². The van der Waals surface area contributed by atoms with Crippen LogP contribution in [-0.2, 0) is 22.1 Å². The van der Waals surface area contributed by atoms with Gasteiger partial charge in [0, 0.05) is 23.8 Å². The second-order valence-electron chi connectivity index (χ2n) is 12.6. The molecule has 0 bridgehead atoms. The average molecular weight is 756 g/mol. The number of aromatic nitrogens is 2. The molecule has 2 aliphatic rings. The van der Waals surface area contributed by atoms with E-state index in [0.29, 0.717) is 25.7 Å². The van der Waals surface area contributed by atoms with Gasteiger partial charge in [-0.25, -0.2) is 4.98 Å². The van der Waals surface area contributed by atoms with Crippen molar-refractivity contribution >= 4 is 32.7 Å². The van der Waals surface area contributed by atoms with Crippen LogP contribution in [0.1, 0.15) is 87.7 Å². The van der Waals surface area contributed by atoms with Crippen molar-refractivity contribution in [1.29, 1.82) is 0 Å². The Morgan fingerprint density at radius 3 is 2.13 bits per heavy atom. The largest absolute Gasteiger partial charge is 0.508 e. The van der Waals surface area contributed by atoms with Crippen molar-refractivity contribution in [3.8, 4) is 17.2 Å². The molecule has 11 nitrogen and oxygen atoms in total. The second-order valence-corrected chi connectivity index (χ2v) is 12.6. The maximum atomic E-state index is 12.1. The molecule has 1 aliphatic heterocycles. The van der Waals surface area contributed by atoms with Crippen LogP contribution in [0.15, 0.2) is 35.5 Å². The van der Waals surface area contributed by atoms with Crippen molar-refractivity contribution in [3.63, 3.8) is 0 Å². The number of benzene rings is 2. The number of aliphatic hydroxyl groups is 2. The van der Waals surface area contributed by atoms with Crippen molar-refractivity contribution in [2.75, 3.05) is 19.8 Å². The number of phenolic OH excluding ortho intramolecular Hbond substituents is 1. The molecule has 1 aliphatic carbocycles. The molecule has 0 spiro atoms. The topological polar surface area (TPSA) is 156 Å². The lowest BCUT2D eigenvalue weighted by Crippen LogP contribution is -2.47. The third-order valence-corrected chi connectivity index (χ3v) is 8.71. The SMILES string of the molecule is CC.CC.Cc1cc(O)ccc1Oc1c(C)cc(CCNC2CCC(OCC3OCCC(O)C3O)CC2)cc1C.[B]c1nc([B])c(C(F)(F)F)nc1N=O. The van der Waals surface area contributed by atoms with Gasteiger partial charge in [0.2, 0.25) is 5.82 Å². The summed E-state index contributed by atoms with van der Waals surface area (Å²) in [6, 6.07) is 10.0. The van der Waals surface area contributed by atoms with E-state index in [-0.39, 0.29) is 11.9 Å². The van der Waals surface area contributed by atoms with E-state index in [9.17, 15) is 33.4 Å². The van der Waals surface area contributed by atoms with E-state index >= 15 is 0 Å². The molecule has 4 N–H and O–H groups in total. The minimum absolute atomic E-state index is 0.188. The molecule has 1 saturated carbocycles. The highest BCUT2D eigenvalue weighted by molar-refractivity contribution is 6.36. The summed E-state index contributed by atoms with van der Waals surface area (Å²) < 4.78 is 54.2. The summed E-state index contributed by atoms with van der Waals surface area (Å²) in [6.07, 6.45) is -1.06. The third kappa shape index (κ3) is 13.9. The Morgan fingerprint density at radius 1 is 0.926 bits per heavy atom. The zero-order valence-electron chi connectivity index (χ0n) is 32.2. The Bertz CT molecular complexity index is 1590. The van der Waals surface area contributed by atoms with E-state index < -0.39 is 47.2 Å². The van der Waals surface area contributed by atoms with Gasteiger partial charge in [-0.15, -0.1) is 4.91 Å². The number of nitroso groups, excluding NO2 is 1. The number of hydrogen-bond donors (Lipinski definition) is 4. The van der Waals surface area contributed by atoms with Crippen molar-refractivity contribution < 1.29 is 42.7 Å². The zero-order valence-corrected chi connectivity index (χ0v) is 32.2. The summed E-state index contributed by atoms with van der Waals surface area (Å²) in [7, 11) is 9.94. The van der Waals surface area contributed by atoms with Gasteiger partial charge in [0.05, 0.1) is 18.8 Å². The fraction of sp³-hybridized carbons (Fsp3) is 0.579. The van der Waals surface area contributed by atoms with Crippen LogP contribution in [0.2, 0.25) is 0 Å². The molecule has 294 valence electrons. The first kappa shape index (κ1) is 46.6. The Hall–Kier alpha value is -3.56. The van der Waals surface area contributed by atoms with Crippen LogP contribution >= 0.6 is 0 Å². The number of aryl methyl sites for hydroxylation is 3. The number of rotatable bonds is 10. The lowest BCUT2D eigenvalue weighted by molar-refractivity contribution is -0.163. The van der Waals surface area contributed by atoms with Crippen molar-refractivity contribution in [3.05, 3.63) is 63.2 Å². The highest BCUT2D eigenvalue weighted by Crippen LogP contribution is 2.33. The summed E-state index contributed by atoms with van der Waals surface area (Å²) in [6.45, 7) is 15.8. The minimum atomic E-state index is -4.79. The van der Waals surface area contributed by atoms with Crippen LogP contribution in [0.3, 0.4) is 0 Å². The van der Waals surface area contributed by atoms with Gasteiger partial charge in [-0.3, -0.25) is 4.98 Å². The highest BCUT2D eigenvalue weighted by atomic mass is 19.4. The number of halogens is 3. The Morgan fingerprint density at radius 2 is 1.56 bits per heavy atom. The number of aromatic hydroxyl groups is 1. The molecule has 3 aromatic rings. The van der Waals surface area contributed by atoms with E-state index in [1.165, 1.54) is 5.56 Å². The monoisotopic (exact) mass is 756 g/mol. The normalized spacial score (nSPS) is 20.9. The summed E-state index contributed by atoms with van der Waals surface area (Å²) >= 11 is 0. The predicted molar refractivity (Wildman–Crippen MR) is 205 cm³/mol. The Labute approximate surface area is 319 Å². The number of ether oxygens (including phenoxy) is 3. The first-order chi connectivity index (χ1) is 25.7. The lowest BCUT2D eigenvalue weighted by Gasteiger charge is -2.34. The Balaban J connectivity index is 0.000000468. The molecule has 1 aromatic heterocycles. The smallest absolute Gasteiger partial charge is 0.434 e. The quantitative estimate of drug-likeness (QED) is 0.152. The molecule has 3 atom stereocenters. The highest BCUT2D eigenvalue weighted by Gasteiger charge is 2.36. The molecule has 2 fully saturated rings. The number of aliphatic hydroxyl groups excluding tert-OH is 2. The van der Waals surface area contributed by atoms with Gasteiger partial charge in [0.1, 0.15) is 45.1 Å². The molecular formula is C38H53B2F3N4O7. The molecule has 16 heteroatoms. The number of nitrogens with one attached hydrogen (secondary N) is 1. The first-order valence-corrected chi connectivity index (χ1v) is 18.4. The maximum absolute atomic E-state index is 12.1. The maximum Gasteiger partial charge on any atom is 0.434 e. The Kier molecular flexibility index (Phi) is 19.6. The summed E-state index contributed by atoms with van der Waals surface area (Å²) in [5.74, 6) is 1.05. The molecule has 0 amide bonds. The van der Waals surface area contributed by atoms with Crippen LogP contribution in [0.4, 0.5) is 19.0 Å². The minimum Gasteiger partial charge on any atom is -0.508 e. The zero-order chi connectivity index (χ0) is 40.6. The second kappa shape index (κ2) is 22.7. The average Bonchev–Trinajstić information content (AvgIpc) is 3.13. The van der Waals surface area contributed by atoms with E-state index in [2.05, 4.69) is 46.4 Å². The number of alkyl halides is 3. The van der Waals surface area contributed by atoms with E-state index in [1.54, 1.807) is 18.2 Å². The van der Waals surface area contributed by atoms with Gasteiger partial charge in [-0.1, -0.05) is 39.8 Å². The number of hydrogen-bond acceptors (Lipinski definition) is 11. The third-order valence-electron chi connectivity index (χ3n) is 8.71. The first-order valence-electron chi connectivity index (χ1n) is 18.4. The fourth-order valence-electron chi connectivity index (χ4n) is 6.02. The van der Waals surface area contributed by atoms with Crippen molar-refractivity contribution in [2.24, 2.45) is 5.18 Å². The van der Waals surface area contributed by atoms with Crippen LogP contribution in [0.5, 0.6) is 17.2 Å². The molecule has 4 radical (unpaired) electrons. The van der Waals surface area contributed by atoms with Gasteiger partial charge in [-0.05, 0) is 111 Å². The van der Waals surface area contributed by atoms with Gasteiger partial charge < -0.3 is 34.8 Å². The van der Waals surface area contributed by atoms with Gasteiger partial charge in [0.25, 0.3) is 0 Å². The standard InChI is InChI=1S/C29H41NO6.C5B2F3N3O.2C2H6/c1-18-16-23(31)6-9-26(18)36-29-19(2)14-21(15-20(29)3)10-12-30-22-4-7-24(8-5-22)35-17-27-28(33)25(32)11-13-34-27;6-2-1(5(8,9)10)11-4(13-14)3(7)12-2;2*1-2/h6,9,14-16,22,24-25,27-28,30-33H,4-5,7-8,10-13,17H2,1-3H3;;2*1-2H3. The summed E-state index contributed by atoms with van der Waals surface area (Å²) in [5, 5.41) is 35.4. The molecular weight excluding hydrogens is 703 g/mol.